The largest absolute Gasteiger partial charge is 0.312 e. The van der Waals surface area contributed by atoms with Crippen LogP contribution >= 0.6 is 11.6 Å². The third kappa shape index (κ3) is 1.86. The van der Waals surface area contributed by atoms with E-state index in [0.717, 1.165) is 16.6 Å². The molecule has 4 nitrogen and oxygen atoms in total. The first-order valence-corrected chi connectivity index (χ1v) is 6.50. The van der Waals surface area contributed by atoms with E-state index in [1.807, 2.05) is 36.3 Å². The lowest BCUT2D eigenvalue weighted by Crippen LogP contribution is -2.24. The van der Waals surface area contributed by atoms with Gasteiger partial charge < -0.3 is 4.90 Å². The van der Waals surface area contributed by atoms with Crippen LogP contribution in [0.3, 0.4) is 0 Å². The normalized spacial score (nSPS) is 20.0. The minimum atomic E-state index is 0.156. The van der Waals surface area contributed by atoms with Crippen LogP contribution in [0.2, 0.25) is 0 Å². The molecule has 1 aromatic heterocycles. The third-order valence-electron chi connectivity index (χ3n) is 3.34. The highest BCUT2D eigenvalue weighted by molar-refractivity contribution is 6.18. The molecule has 2 heterocycles. The van der Waals surface area contributed by atoms with E-state index >= 15 is 0 Å². The van der Waals surface area contributed by atoms with Gasteiger partial charge in [-0.15, -0.1) is 11.6 Å². The summed E-state index contributed by atoms with van der Waals surface area (Å²) in [5.74, 6) is 0.963. The molecule has 0 N–H and O–H groups in total. The van der Waals surface area contributed by atoms with E-state index in [4.69, 9.17) is 11.6 Å². The van der Waals surface area contributed by atoms with Gasteiger partial charge in [0, 0.05) is 43.2 Å². The van der Waals surface area contributed by atoms with Crippen molar-refractivity contribution in [2.24, 2.45) is 13.0 Å². The van der Waals surface area contributed by atoms with Gasteiger partial charge in [0.1, 0.15) is 0 Å². The van der Waals surface area contributed by atoms with Crippen molar-refractivity contribution in [3.8, 4) is 0 Å². The number of nitrogens with zero attached hydrogens (tertiary/aromatic N) is 3. The lowest BCUT2D eigenvalue weighted by molar-refractivity contribution is -0.117. The number of alkyl halides is 1. The Kier molecular flexibility index (Phi) is 2.74. The SMILES string of the molecule is Cn1cc2cc(N3CC(CCl)CC3=O)ccc2n1. The second-order valence-electron chi connectivity index (χ2n) is 4.77. The minimum absolute atomic E-state index is 0.156. The smallest absolute Gasteiger partial charge is 0.227 e. The number of benzene rings is 1. The van der Waals surface area contributed by atoms with Crippen molar-refractivity contribution in [2.75, 3.05) is 17.3 Å². The molecule has 18 heavy (non-hydrogen) atoms. The summed E-state index contributed by atoms with van der Waals surface area (Å²) < 4.78 is 1.78. The number of hydrogen-bond acceptors (Lipinski definition) is 2. The fourth-order valence-corrected chi connectivity index (χ4v) is 2.65. The van der Waals surface area contributed by atoms with Gasteiger partial charge in [-0.2, -0.15) is 5.10 Å². The molecule has 5 heteroatoms. The molecule has 1 aliphatic rings. The van der Waals surface area contributed by atoms with Crippen LogP contribution in [0.5, 0.6) is 0 Å². The molecule has 1 atom stereocenters. The Morgan fingerprint density at radius 1 is 1.50 bits per heavy atom. The maximum atomic E-state index is 11.9. The summed E-state index contributed by atoms with van der Waals surface area (Å²) in [6.07, 6.45) is 2.51. The highest BCUT2D eigenvalue weighted by Gasteiger charge is 2.29. The Hall–Kier alpha value is -1.55. The molecule has 2 aromatic rings. The minimum Gasteiger partial charge on any atom is -0.312 e. The molecule has 0 aliphatic carbocycles. The number of rotatable bonds is 2. The molecule has 0 saturated carbocycles. The third-order valence-corrected chi connectivity index (χ3v) is 3.77. The molecule has 3 rings (SSSR count). The second kappa shape index (κ2) is 4.28. The van der Waals surface area contributed by atoms with Crippen LogP contribution in [0.1, 0.15) is 6.42 Å². The van der Waals surface area contributed by atoms with Gasteiger partial charge >= 0.3 is 0 Å². The maximum absolute atomic E-state index is 11.9. The fraction of sp³-hybridized carbons (Fsp3) is 0.385. The fourth-order valence-electron chi connectivity index (χ4n) is 2.44. The molecular formula is C13H14ClN3O. The number of anilines is 1. The number of amides is 1. The van der Waals surface area contributed by atoms with Gasteiger partial charge in [-0.05, 0) is 24.1 Å². The van der Waals surface area contributed by atoms with E-state index in [1.165, 1.54) is 0 Å². The summed E-state index contributed by atoms with van der Waals surface area (Å²) in [5, 5.41) is 5.38. The first kappa shape index (κ1) is 11.5. The van der Waals surface area contributed by atoms with E-state index in [2.05, 4.69) is 5.10 Å². The number of aryl methyl sites for hydroxylation is 1. The summed E-state index contributed by atoms with van der Waals surface area (Å²) in [6.45, 7) is 0.716. The molecule has 1 aromatic carbocycles. The number of carbonyl (C=O) groups is 1. The van der Waals surface area contributed by atoms with Gasteiger partial charge in [-0.3, -0.25) is 9.48 Å². The topological polar surface area (TPSA) is 38.1 Å². The molecule has 1 aliphatic heterocycles. The zero-order chi connectivity index (χ0) is 12.7. The van der Waals surface area contributed by atoms with Gasteiger partial charge in [0.15, 0.2) is 0 Å². The highest BCUT2D eigenvalue weighted by atomic mass is 35.5. The summed E-state index contributed by atoms with van der Waals surface area (Å²) in [7, 11) is 1.89. The van der Waals surface area contributed by atoms with Crippen LogP contribution in [0.4, 0.5) is 5.69 Å². The van der Waals surface area contributed by atoms with Gasteiger partial charge in [-0.1, -0.05) is 0 Å². The van der Waals surface area contributed by atoms with Crippen LogP contribution in [0, 0.1) is 5.92 Å². The lowest BCUT2D eigenvalue weighted by atomic mass is 10.1. The first-order valence-electron chi connectivity index (χ1n) is 5.97. The number of hydrogen-bond donors (Lipinski definition) is 0. The van der Waals surface area contributed by atoms with E-state index in [0.29, 0.717) is 18.8 Å². The van der Waals surface area contributed by atoms with Gasteiger partial charge in [0.05, 0.1) is 5.52 Å². The van der Waals surface area contributed by atoms with Crippen molar-refractivity contribution in [3.05, 3.63) is 24.4 Å². The van der Waals surface area contributed by atoms with Gasteiger partial charge in [0.25, 0.3) is 0 Å². The van der Waals surface area contributed by atoms with E-state index in [-0.39, 0.29) is 11.8 Å². The second-order valence-corrected chi connectivity index (χ2v) is 5.08. The van der Waals surface area contributed by atoms with Crippen LogP contribution in [0.25, 0.3) is 10.9 Å². The van der Waals surface area contributed by atoms with Crippen molar-refractivity contribution < 1.29 is 4.79 Å². The lowest BCUT2D eigenvalue weighted by Gasteiger charge is -2.16. The Bertz CT molecular complexity index is 607. The predicted octanol–water partition coefficient (Wildman–Crippen LogP) is 2.17. The summed E-state index contributed by atoms with van der Waals surface area (Å²) in [5.41, 5.74) is 1.88. The molecule has 0 spiro atoms. The number of fused-ring (bicyclic) bond motifs is 1. The van der Waals surface area contributed by atoms with Gasteiger partial charge in [0.2, 0.25) is 5.91 Å². The molecule has 0 radical (unpaired) electrons. The molecule has 1 fully saturated rings. The van der Waals surface area contributed by atoms with Crippen LogP contribution in [-0.2, 0) is 11.8 Å². The summed E-state index contributed by atoms with van der Waals surface area (Å²) >= 11 is 5.83. The number of aromatic nitrogens is 2. The zero-order valence-corrected chi connectivity index (χ0v) is 10.9. The van der Waals surface area contributed by atoms with Crippen LogP contribution in [0.15, 0.2) is 24.4 Å². The summed E-state index contributed by atoms with van der Waals surface area (Å²) in [6, 6.07) is 5.91. The standard InChI is InChI=1S/C13H14ClN3O/c1-16-8-10-5-11(2-3-12(10)15-16)17-7-9(6-14)4-13(17)18/h2-3,5,8-9H,4,6-7H2,1H3. The molecule has 1 amide bonds. The average Bonchev–Trinajstić information content (AvgIpc) is 2.89. The monoisotopic (exact) mass is 263 g/mol. The molecule has 1 unspecified atom stereocenters. The van der Waals surface area contributed by atoms with Gasteiger partial charge in [-0.25, -0.2) is 0 Å². The quantitative estimate of drug-likeness (QED) is 0.779. The molecule has 94 valence electrons. The van der Waals surface area contributed by atoms with Crippen molar-refractivity contribution in [1.82, 2.24) is 9.78 Å². The van der Waals surface area contributed by atoms with Crippen molar-refractivity contribution in [2.45, 2.75) is 6.42 Å². The Morgan fingerprint density at radius 2 is 2.33 bits per heavy atom. The summed E-state index contributed by atoms with van der Waals surface area (Å²) in [4.78, 5) is 13.8. The van der Waals surface area contributed by atoms with Crippen molar-refractivity contribution in [1.29, 1.82) is 0 Å². The van der Waals surface area contributed by atoms with E-state index in [9.17, 15) is 4.79 Å². The van der Waals surface area contributed by atoms with Crippen LogP contribution < -0.4 is 4.90 Å². The van der Waals surface area contributed by atoms with Crippen molar-refractivity contribution in [3.63, 3.8) is 0 Å². The Balaban J connectivity index is 1.96. The van der Waals surface area contributed by atoms with Crippen molar-refractivity contribution >= 4 is 34.1 Å². The molecule has 1 saturated heterocycles. The predicted molar refractivity (Wildman–Crippen MR) is 71.9 cm³/mol. The first-order chi connectivity index (χ1) is 8.67. The molecular weight excluding hydrogens is 250 g/mol. The average molecular weight is 264 g/mol. The Labute approximate surface area is 110 Å². The Morgan fingerprint density at radius 3 is 3.06 bits per heavy atom. The van der Waals surface area contributed by atoms with E-state index < -0.39 is 0 Å². The maximum Gasteiger partial charge on any atom is 0.227 e. The van der Waals surface area contributed by atoms with E-state index in [1.54, 1.807) is 4.68 Å². The van der Waals surface area contributed by atoms with Crippen LogP contribution in [-0.4, -0.2) is 28.1 Å². The number of carbonyl (C=O) groups excluding carboxylic acids is 1. The highest BCUT2D eigenvalue weighted by Crippen LogP contribution is 2.28. The molecule has 0 bridgehead atoms. The number of halogens is 1. The zero-order valence-electron chi connectivity index (χ0n) is 10.1.